The van der Waals surface area contributed by atoms with E-state index in [-0.39, 0.29) is 5.92 Å². The zero-order valence-corrected chi connectivity index (χ0v) is 12.5. The van der Waals surface area contributed by atoms with Crippen molar-refractivity contribution in [1.29, 1.82) is 0 Å². The average Bonchev–Trinajstić information content (AvgIpc) is 3.26. The van der Waals surface area contributed by atoms with Gasteiger partial charge in [-0.15, -0.1) is 0 Å². The Balaban J connectivity index is 1.75. The van der Waals surface area contributed by atoms with E-state index < -0.39 is 0 Å². The number of H-pyrrole nitrogens is 1. The molecule has 22 heavy (non-hydrogen) atoms. The lowest BCUT2D eigenvalue weighted by atomic mass is 10.1. The lowest BCUT2D eigenvalue weighted by Crippen LogP contribution is -1.99. The smallest absolute Gasteiger partial charge is 0.274 e. The van der Waals surface area contributed by atoms with E-state index in [0.29, 0.717) is 12.5 Å². The minimum absolute atomic E-state index is 0.238. The molecule has 0 radical (unpaired) electrons. The molecule has 6 heteroatoms. The molecule has 3 aromatic rings. The zero-order valence-electron chi connectivity index (χ0n) is 12.5. The van der Waals surface area contributed by atoms with Crippen LogP contribution in [0.25, 0.3) is 22.5 Å². The maximum Gasteiger partial charge on any atom is 0.274 e. The fraction of sp³-hybridized carbons (Fsp3) is 0.375. The number of aromatic amines is 1. The molecule has 1 aliphatic rings. The van der Waals surface area contributed by atoms with E-state index in [0.717, 1.165) is 46.8 Å². The zero-order chi connectivity index (χ0) is 15.1. The molecule has 1 N–H and O–H groups in total. The molecule has 3 heterocycles. The fourth-order valence-corrected chi connectivity index (χ4v) is 2.89. The summed E-state index contributed by atoms with van der Waals surface area (Å²) in [6.45, 7) is 3.47. The number of nitrogens with zero attached hydrogens (tertiary/aromatic N) is 2. The Labute approximate surface area is 127 Å². The minimum Gasteiger partial charge on any atom is -0.497 e. The third-order valence-corrected chi connectivity index (χ3v) is 4.22. The number of rotatable bonds is 3. The summed E-state index contributed by atoms with van der Waals surface area (Å²) in [7, 11) is 1.66. The maximum atomic E-state index is 5.45. The molecule has 0 saturated carbocycles. The van der Waals surface area contributed by atoms with Crippen LogP contribution in [0, 0.1) is 6.92 Å². The largest absolute Gasteiger partial charge is 0.497 e. The van der Waals surface area contributed by atoms with E-state index in [1.807, 2.05) is 25.1 Å². The van der Waals surface area contributed by atoms with Crippen LogP contribution in [0.4, 0.5) is 0 Å². The van der Waals surface area contributed by atoms with E-state index in [1.165, 1.54) is 0 Å². The number of aryl methyl sites for hydroxylation is 1. The van der Waals surface area contributed by atoms with Crippen molar-refractivity contribution in [3.8, 4) is 17.3 Å². The summed E-state index contributed by atoms with van der Waals surface area (Å²) in [5.74, 6) is 2.32. The van der Waals surface area contributed by atoms with Gasteiger partial charge in [-0.1, -0.05) is 5.16 Å². The Morgan fingerprint density at radius 2 is 2.27 bits per heavy atom. The first-order valence-corrected chi connectivity index (χ1v) is 7.34. The molecule has 2 aromatic heterocycles. The number of fused-ring (bicyclic) bond motifs is 1. The molecule has 0 aliphatic carbocycles. The highest BCUT2D eigenvalue weighted by atomic mass is 16.5. The fourth-order valence-electron chi connectivity index (χ4n) is 2.89. The average molecular weight is 299 g/mol. The van der Waals surface area contributed by atoms with Crippen LogP contribution >= 0.6 is 0 Å². The van der Waals surface area contributed by atoms with Gasteiger partial charge in [0, 0.05) is 23.4 Å². The van der Waals surface area contributed by atoms with Crippen LogP contribution in [0.5, 0.6) is 5.75 Å². The molecule has 1 saturated heterocycles. The van der Waals surface area contributed by atoms with Crippen LogP contribution in [-0.4, -0.2) is 35.4 Å². The first-order chi connectivity index (χ1) is 10.8. The normalized spacial score (nSPS) is 18.2. The molecular weight excluding hydrogens is 282 g/mol. The van der Waals surface area contributed by atoms with Gasteiger partial charge in [-0.05, 0) is 37.1 Å². The van der Waals surface area contributed by atoms with Gasteiger partial charge >= 0.3 is 0 Å². The van der Waals surface area contributed by atoms with Crippen LogP contribution in [0.15, 0.2) is 22.7 Å². The highest BCUT2D eigenvalue weighted by Crippen LogP contribution is 2.32. The Bertz CT molecular complexity index is 815. The molecule has 1 aliphatic heterocycles. The van der Waals surface area contributed by atoms with E-state index >= 15 is 0 Å². The highest BCUT2D eigenvalue weighted by Gasteiger charge is 2.24. The number of hydrogen-bond acceptors (Lipinski definition) is 5. The van der Waals surface area contributed by atoms with Crippen molar-refractivity contribution >= 4 is 10.9 Å². The molecule has 0 bridgehead atoms. The van der Waals surface area contributed by atoms with Crippen LogP contribution in [0.3, 0.4) is 0 Å². The van der Waals surface area contributed by atoms with Crippen molar-refractivity contribution < 1.29 is 14.0 Å². The second-order valence-corrected chi connectivity index (χ2v) is 5.55. The Hall–Kier alpha value is -2.34. The molecule has 6 nitrogen and oxygen atoms in total. The van der Waals surface area contributed by atoms with Crippen molar-refractivity contribution in [2.75, 3.05) is 20.3 Å². The van der Waals surface area contributed by atoms with Crippen molar-refractivity contribution in [3.63, 3.8) is 0 Å². The van der Waals surface area contributed by atoms with Gasteiger partial charge in [0.2, 0.25) is 0 Å². The Morgan fingerprint density at radius 3 is 3.05 bits per heavy atom. The predicted octanol–water partition coefficient (Wildman–Crippen LogP) is 3.04. The minimum atomic E-state index is 0.238. The first kappa shape index (κ1) is 13.3. The predicted molar refractivity (Wildman–Crippen MR) is 81.1 cm³/mol. The molecule has 114 valence electrons. The lowest BCUT2D eigenvalue weighted by Gasteiger charge is -1.99. The topological polar surface area (TPSA) is 73.2 Å². The summed E-state index contributed by atoms with van der Waals surface area (Å²) >= 11 is 0. The van der Waals surface area contributed by atoms with Gasteiger partial charge in [-0.3, -0.25) is 0 Å². The van der Waals surface area contributed by atoms with Gasteiger partial charge in [-0.2, -0.15) is 4.98 Å². The summed E-state index contributed by atoms with van der Waals surface area (Å²) in [5.41, 5.74) is 2.96. The molecule has 1 fully saturated rings. The quantitative estimate of drug-likeness (QED) is 0.804. The van der Waals surface area contributed by atoms with E-state index in [4.69, 9.17) is 14.0 Å². The number of aromatic nitrogens is 3. The van der Waals surface area contributed by atoms with Crippen molar-refractivity contribution in [1.82, 2.24) is 15.1 Å². The monoisotopic (exact) mass is 299 g/mol. The highest BCUT2D eigenvalue weighted by molar-refractivity contribution is 5.90. The molecule has 0 spiro atoms. The van der Waals surface area contributed by atoms with Crippen LogP contribution in [-0.2, 0) is 4.74 Å². The standard InChI is InChI=1S/C16H17N3O3/c1-9-12-7-11(20-2)3-4-13(12)17-14(9)16-18-15(19-22-16)10-5-6-21-8-10/h3-4,7,10,17H,5-6,8H2,1-2H3/t10-/m0/s1. The third kappa shape index (κ3) is 2.07. The Morgan fingerprint density at radius 1 is 1.36 bits per heavy atom. The number of methoxy groups -OCH3 is 1. The van der Waals surface area contributed by atoms with E-state index in [2.05, 4.69) is 15.1 Å². The summed E-state index contributed by atoms with van der Waals surface area (Å²) < 4.78 is 16.1. The molecule has 4 rings (SSSR count). The van der Waals surface area contributed by atoms with E-state index in [1.54, 1.807) is 7.11 Å². The molecule has 1 aromatic carbocycles. The summed E-state index contributed by atoms with van der Waals surface area (Å²) in [5, 5.41) is 5.20. The molecule has 0 amide bonds. The van der Waals surface area contributed by atoms with Crippen LogP contribution in [0.1, 0.15) is 23.7 Å². The Kier molecular flexibility index (Phi) is 3.11. The SMILES string of the molecule is COc1ccc2[nH]c(-c3nc([C@H]4CCOC4)no3)c(C)c2c1. The molecule has 1 atom stereocenters. The third-order valence-electron chi connectivity index (χ3n) is 4.22. The van der Waals surface area contributed by atoms with Crippen molar-refractivity contribution in [2.24, 2.45) is 0 Å². The second kappa shape index (κ2) is 5.14. The number of benzene rings is 1. The molecular formula is C16H17N3O3. The van der Waals surface area contributed by atoms with Crippen LogP contribution in [0.2, 0.25) is 0 Å². The van der Waals surface area contributed by atoms with E-state index in [9.17, 15) is 0 Å². The van der Waals surface area contributed by atoms with Crippen molar-refractivity contribution in [2.45, 2.75) is 19.3 Å². The van der Waals surface area contributed by atoms with Gasteiger partial charge in [0.15, 0.2) is 5.82 Å². The van der Waals surface area contributed by atoms with Gasteiger partial charge in [0.1, 0.15) is 11.4 Å². The van der Waals surface area contributed by atoms with Crippen LogP contribution < -0.4 is 4.74 Å². The molecule has 0 unspecified atom stereocenters. The summed E-state index contributed by atoms with van der Waals surface area (Å²) in [4.78, 5) is 7.89. The maximum absolute atomic E-state index is 5.45. The second-order valence-electron chi connectivity index (χ2n) is 5.55. The van der Waals surface area contributed by atoms with Crippen molar-refractivity contribution in [3.05, 3.63) is 29.6 Å². The number of ether oxygens (including phenoxy) is 2. The van der Waals surface area contributed by atoms with Gasteiger partial charge < -0.3 is 19.0 Å². The number of nitrogens with one attached hydrogen (secondary N) is 1. The number of hydrogen-bond donors (Lipinski definition) is 1. The van der Waals surface area contributed by atoms with Gasteiger partial charge in [0.05, 0.1) is 13.7 Å². The summed E-state index contributed by atoms with van der Waals surface area (Å²) in [6, 6.07) is 5.93. The summed E-state index contributed by atoms with van der Waals surface area (Å²) in [6.07, 6.45) is 0.946. The van der Waals surface area contributed by atoms with Gasteiger partial charge in [-0.25, -0.2) is 0 Å². The lowest BCUT2D eigenvalue weighted by molar-refractivity contribution is 0.192. The van der Waals surface area contributed by atoms with Gasteiger partial charge in [0.25, 0.3) is 5.89 Å². The first-order valence-electron chi connectivity index (χ1n) is 7.34.